The molecular formula is C15H24ClN3O2S. The predicted molar refractivity (Wildman–Crippen MR) is 93.2 cm³/mol. The Kier molecular flexibility index (Phi) is 6.43. The monoisotopic (exact) mass is 345 g/mol. The minimum Gasteiger partial charge on any atom is -0.347 e. The van der Waals surface area contributed by atoms with Gasteiger partial charge in [0, 0.05) is 36.2 Å². The second-order valence-electron chi connectivity index (χ2n) is 5.30. The van der Waals surface area contributed by atoms with E-state index in [1.807, 2.05) is 56.7 Å². The fraction of sp³-hybridized carbons (Fsp3) is 0.467. The molecule has 0 aliphatic heterocycles. The first kappa shape index (κ1) is 19.0. The molecule has 0 aliphatic carbocycles. The van der Waals surface area contributed by atoms with Gasteiger partial charge in [0.25, 0.3) is 0 Å². The van der Waals surface area contributed by atoms with Crippen molar-refractivity contribution in [2.75, 3.05) is 13.1 Å². The number of hydrogen-bond donors (Lipinski definition) is 2. The molecule has 2 aromatic rings. The molecule has 5 nitrogen and oxygen atoms in total. The molecule has 0 radical (unpaired) electrons. The van der Waals surface area contributed by atoms with E-state index in [9.17, 15) is 8.42 Å². The number of nitrogens with one attached hydrogen (secondary N) is 2. The number of halogens is 1. The van der Waals surface area contributed by atoms with Crippen molar-refractivity contribution in [1.82, 2.24) is 14.6 Å². The van der Waals surface area contributed by atoms with E-state index in [2.05, 4.69) is 10.0 Å². The Morgan fingerprint density at radius 3 is 2.55 bits per heavy atom. The van der Waals surface area contributed by atoms with E-state index in [0.29, 0.717) is 11.4 Å². The molecule has 0 amide bonds. The Labute approximate surface area is 138 Å². The van der Waals surface area contributed by atoms with Crippen molar-refractivity contribution in [3.8, 4) is 0 Å². The lowest BCUT2D eigenvalue weighted by molar-refractivity contribution is 0.536. The standard InChI is InChI=1S/C15H23N3O2S.ClH/c1-5-16-11(2)10-17-21(19,20)15-12(3)18(4)14-9-7-6-8-13(14)15;/h6-9,11,16-17H,5,10H2,1-4H3;1H/t11-;/m1./s1. The van der Waals surface area contributed by atoms with E-state index >= 15 is 0 Å². The molecule has 0 saturated heterocycles. The van der Waals surface area contributed by atoms with Crippen LogP contribution in [0.4, 0.5) is 0 Å². The van der Waals surface area contributed by atoms with Gasteiger partial charge in [-0.25, -0.2) is 13.1 Å². The van der Waals surface area contributed by atoms with E-state index in [1.165, 1.54) is 0 Å². The van der Waals surface area contributed by atoms with Crippen molar-refractivity contribution >= 4 is 33.3 Å². The first-order valence-electron chi connectivity index (χ1n) is 7.15. The van der Waals surface area contributed by atoms with Crippen molar-refractivity contribution in [3.05, 3.63) is 30.0 Å². The fourth-order valence-corrected chi connectivity index (χ4v) is 4.15. The van der Waals surface area contributed by atoms with Gasteiger partial charge in [-0.05, 0) is 26.5 Å². The van der Waals surface area contributed by atoms with Crippen LogP contribution >= 0.6 is 12.4 Å². The lowest BCUT2D eigenvalue weighted by atomic mass is 10.2. The summed E-state index contributed by atoms with van der Waals surface area (Å²) < 4.78 is 29.9. The summed E-state index contributed by atoms with van der Waals surface area (Å²) in [6.07, 6.45) is 0. The lowest BCUT2D eigenvalue weighted by Crippen LogP contribution is -2.38. The van der Waals surface area contributed by atoms with Crippen LogP contribution in [-0.2, 0) is 17.1 Å². The Balaban J connectivity index is 0.00000242. The molecule has 0 spiro atoms. The van der Waals surface area contributed by atoms with Gasteiger partial charge in [-0.15, -0.1) is 12.4 Å². The molecule has 2 rings (SSSR count). The highest BCUT2D eigenvalue weighted by Crippen LogP contribution is 2.28. The van der Waals surface area contributed by atoms with E-state index < -0.39 is 10.0 Å². The van der Waals surface area contributed by atoms with Crippen molar-refractivity contribution < 1.29 is 8.42 Å². The molecule has 124 valence electrons. The van der Waals surface area contributed by atoms with Crippen molar-refractivity contribution in [1.29, 1.82) is 0 Å². The Hall–Kier alpha value is -1.08. The number of rotatable bonds is 6. The first-order chi connectivity index (χ1) is 9.88. The zero-order valence-corrected chi connectivity index (χ0v) is 15.0. The maximum Gasteiger partial charge on any atom is 0.243 e. The highest BCUT2D eigenvalue weighted by atomic mass is 35.5. The van der Waals surface area contributed by atoms with Crippen LogP contribution in [0.25, 0.3) is 10.9 Å². The van der Waals surface area contributed by atoms with Crippen LogP contribution < -0.4 is 10.0 Å². The van der Waals surface area contributed by atoms with Gasteiger partial charge in [0.15, 0.2) is 0 Å². The molecular weight excluding hydrogens is 322 g/mol. The summed E-state index contributed by atoms with van der Waals surface area (Å²) >= 11 is 0. The van der Waals surface area contributed by atoms with E-state index in [4.69, 9.17) is 0 Å². The lowest BCUT2D eigenvalue weighted by Gasteiger charge is -2.13. The number of sulfonamides is 1. The van der Waals surface area contributed by atoms with Crippen LogP contribution in [-0.4, -0.2) is 32.1 Å². The van der Waals surface area contributed by atoms with Crippen LogP contribution in [0.1, 0.15) is 19.5 Å². The molecule has 0 unspecified atom stereocenters. The summed E-state index contributed by atoms with van der Waals surface area (Å²) in [6, 6.07) is 7.66. The molecule has 1 atom stereocenters. The minimum atomic E-state index is -3.52. The number of benzene rings is 1. The first-order valence-corrected chi connectivity index (χ1v) is 8.64. The normalized spacial score (nSPS) is 13.1. The maximum atomic E-state index is 12.6. The van der Waals surface area contributed by atoms with Gasteiger partial charge in [-0.3, -0.25) is 0 Å². The largest absolute Gasteiger partial charge is 0.347 e. The van der Waals surface area contributed by atoms with E-state index in [-0.39, 0.29) is 18.4 Å². The Morgan fingerprint density at radius 2 is 1.91 bits per heavy atom. The van der Waals surface area contributed by atoms with Crippen LogP contribution in [0.2, 0.25) is 0 Å². The number of para-hydroxylation sites is 1. The summed E-state index contributed by atoms with van der Waals surface area (Å²) in [5.41, 5.74) is 1.68. The summed E-state index contributed by atoms with van der Waals surface area (Å²) in [7, 11) is -1.63. The van der Waals surface area contributed by atoms with Crippen LogP contribution in [0, 0.1) is 6.92 Å². The zero-order valence-electron chi connectivity index (χ0n) is 13.4. The van der Waals surface area contributed by atoms with Gasteiger partial charge < -0.3 is 9.88 Å². The highest BCUT2D eigenvalue weighted by molar-refractivity contribution is 7.89. The molecule has 0 bridgehead atoms. The highest BCUT2D eigenvalue weighted by Gasteiger charge is 2.24. The number of aryl methyl sites for hydroxylation is 1. The summed E-state index contributed by atoms with van der Waals surface area (Å²) in [4.78, 5) is 0.379. The molecule has 7 heteroatoms. The third kappa shape index (κ3) is 3.63. The number of fused-ring (bicyclic) bond motifs is 1. The smallest absolute Gasteiger partial charge is 0.243 e. The molecule has 1 aromatic heterocycles. The summed E-state index contributed by atoms with van der Waals surface area (Å²) in [6.45, 7) is 6.99. The predicted octanol–water partition coefficient (Wildman–Crippen LogP) is 2.18. The average Bonchev–Trinajstić information content (AvgIpc) is 2.70. The van der Waals surface area contributed by atoms with Gasteiger partial charge in [-0.2, -0.15) is 0 Å². The fourth-order valence-electron chi connectivity index (χ4n) is 2.55. The van der Waals surface area contributed by atoms with Gasteiger partial charge in [0.2, 0.25) is 10.0 Å². The maximum absolute atomic E-state index is 12.6. The van der Waals surface area contributed by atoms with Crippen molar-refractivity contribution in [2.45, 2.75) is 31.7 Å². The van der Waals surface area contributed by atoms with Crippen molar-refractivity contribution in [2.24, 2.45) is 7.05 Å². The van der Waals surface area contributed by atoms with Gasteiger partial charge in [0.1, 0.15) is 4.90 Å². The average molecular weight is 346 g/mol. The summed E-state index contributed by atoms with van der Waals surface area (Å²) in [5, 5.41) is 3.96. The molecule has 0 fully saturated rings. The SMILES string of the molecule is CCN[C@H](C)CNS(=O)(=O)c1c(C)n(C)c2ccccc12.Cl. The third-order valence-corrected chi connectivity index (χ3v) is 5.34. The number of aromatic nitrogens is 1. The Bertz CT molecular complexity index is 741. The topological polar surface area (TPSA) is 63.1 Å². The second-order valence-corrected chi connectivity index (χ2v) is 7.01. The molecule has 0 aliphatic rings. The number of likely N-dealkylation sites (N-methyl/N-ethyl adjacent to an activating group) is 1. The zero-order chi connectivity index (χ0) is 15.6. The number of nitrogens with zero attached hydrogens (tertiary/aromatic N) is 1. The molecule has 0 saturated carbocycles. The minimum absolute atomic E-state index is 0. The van der Waals surface area contributed by atoms with E-state index in [1.54, 1.807) is 0 Å². The third-order valence-electron chi connectivity index (χ3n) is 3.74. The molecule has 1 heterocycles. The Morgan fingerprint density at radius 1 is 1.27 bits per heavy atom. The second kappa shape index (κ2) is 7.46. The number of hydrogen-bond acceptors (Lipinski definition) is 3. The molecule has 2 N–H and O–H groups in total. The van der Waals surface area contributed by atoms with Crippen LogP contribution in [0.3, 0.4) is 0 Å². The van der Waals surface area contributed by atoms with Crippen LogP contribution in [0.5, 0.6) is 0 Å². The van der Waals surface area contributed by atoms with Crippen LogP contribution in [0.15, 0.2) is 29.2 Å². The quantitative estimate of drug-likeness (QED) is 0.843. The van der Waals surface area contributed by atoms with Gasteiger partial charge >= 0.3 is 0 Å². The van der Waals surface area contributed by atoms with Gasteiger partial charge in [0.05, 0.1) is 0 Å². The van der Waals surface area contributed by atoms with E-state index in [0.717, 1.165) is 23.1 Å². The van der Waals surface area contributed by atoms with Gasteiger partial charge in [-0.1, -0.05) is 25.1 Å². The van der Waals surface area contributed by atoms with Crippen molar-refractivity contribution in [3.63, 3.8) is 0 Å². The molecule has 1 aromatic carbocycles. The molecule has 22 heavy (non-hydrogen) atoms. The summed E-state index contributed by atoms with van der Waals surface area (Å²) in [5.74, 6) is 0.